The Bertz CT molecular complexity index is 155. The second kappa shape index (κ2) is 3.19. The number of hydrogen-bond acceptors (Lipinski definition) is 3. The van der Waals surface area contributed by atoms with E-state index in [1.165, 1.54) is 0 Å². The van der Waals surface area contributed by atoms with E-state index in [1.54, 1.807) is 0 Å². The summed E-state index contributed by atoms with van der Waals surface area (Å²) in [4.78, 5) is 10.2. The predicted octanol–water partition coefficient (Wildman–Crippen LogP) is -0.202. The molecule has 4 heteroatoms. The molecule has 2 atom stereocenters. The van der Waals surface area contributed by atoms with Gasteiger partial charge in [-0.1, -0.05) is 0 Å². The van der Waals surface area contributed by atoms with Crippen molar-refractivity contribution >= 4 is 5.97 Å². The molecule has 0 aromatic heterocycles. The molecule has 0 bridgehead atoms. The minimum atomic E-state index is -1.28. The van der Waals surface area contributed by atoms with Gasteiger partial charge in [0.05, 0.1) is 0 Å². The molecule has 1 rings (SSSR count). The largest absolute Gasteiger partial charge is 0.481 e. The summed E-state index contributed by atoms with van der Waals surface area (Å²) in [6, 6.07) is 0. The van der Waals surface area contributed by atoms with Crippen LogP contribution in [0.15, 0.2) is 0 Å². The van der Waals surface area contributed by atoms with E-state index in [-0.39, 0.29) is 18.3 Å². The van der Waals surface area contributed by atoms with Gasteiger partial charge in [-0.3, -0.25) is 4.79 Å². The number of aliphatic hydroxyl groups is 2. The Kier molecular flexibility index (Phi) is 2.46. The average molecular weight is 160 g/mol. The number of aliphatic hydroxyl groups excluding tert-OH is 1. The summed E-state index contributed by atoms with van der Waals surface area (Å²) in [7, 11) is 0. The quantitative estimate of drug-likeness (QED) is 0.497. The summed E-state index contributed by atoms with van der Waals surface area (Å²) in [5.41, 5.74) is 0. The van der Waals surface area contributed by atoms with Gasteiger partial charge < -0.3 is 15.3 Å². The summed E-state index contributed by atoms with van der Waals surface area (Å²) >= 11 is 0. The fourth-order valence-electron chi connectivity index (χ4n) is 1.34. The molecule has 4 nitrogen and oxygen atoms in total. The van der Waals surface area contributed by atoms with Crippen LogP contribution in [0.3, 0.4) is 0 Å². The monoisotopic (exact) mass is 160 g/mol. The Morgan fingerprint density at radius 3 is 2.55 bits per heavy atom. The molecule has 0 heterocycles. The van der Waals surface area contributed by atoms with E-state index in [1.807, 2.05) is 0 Å². The Labute approximate surface area is 64.5 Å². The molecule has 64 valence electrons. The Morgan fingerprint density at radius 2 is 2.09 bits per heavy atom. The van der Waals surface area contributed by atoms with Crippen LogP contribution in [0.1, 0.15) is 19.3 Å². The lowest BCUT2D eigenvalue weighted by atomic mass is 10.2. The number of hydrogen-bond donors (Lipinski definition) is 3. The average Bonchev–Trinajstić information content (AvgIpc) is 2.43. The highest BCUT2D eigenvalue weighted by molar-refractivity contribution is 5.67. The van der Waals surface area contributed by atoms with E-state index >= 15 is 0 Å². The van der Waals surface area contributed by atoms with Crippen LogP contribution in [0.25, 0.3) is 0 Å². The highest BCUT2D eigenvalue weighted by atomic mass is 16.5. The molecule has 1 aliphatic carbocycles. The second-order valence-electron chi connectivity index (χ2n) is 3.07. The summed E-state index contributed by atoms with van der Waals surface area (Å²) < 4.78 is 0. The predicted molar refractivity (Wildman–Crippen MR) is 36.7 cm³/mol. The van der Waals surface area contributed by atoms with Crippen LogP contribution in [-0.2, 0) is 4.79 Å². The highest BCUT2D eigenvalue weighted by Crippen LogP contribution is 2.44. The first-order valence-electron chi connectivity index (χ1n) is 3.67. The number of carboxylic acid groups (broad SMARTS) is 1. The Balaban J connectivity index is 2.11. The molecule has 11 heavy (non-hydrogen) atoms. The van der Waals surface area contributed by atoms with Crippen LogP contribution >= 0.6 is 0 Å². The van der Waals surface area contributed by atoms with Crippen LogP contribution in [0.4, 0.5) is 0 Å². The Hall–Kier alpha value is -0.610. The topological polar surface area (TPSA) is 77.8 Å². The van der Waals surface area contributed by atoms with E-state index in [0.717, 1.165) is 6.42 Å². The van der Waals surface area contributed by atoms with Crippen molar-refractivity contribution in [1.29, 1.82) is 0 Å². The molecular weight excluding hydrogens is 148 g/mol. The molecule has 0 aromatic rings. The Morgan fingerprint density at radius 1 is 1.45 bits per heavy atom. The third-order valence-corrected chi connectivity index (χ3v) is 2.02. The SMILES string of the molecule is O=C(O)CC1CC1CC(O)O. The van der Waals surface area contributed by atoms with Crippen molar-refractivity contribution in [3.8, 4) is 0 Å². The lowest BCUT2D eigenvalue weighted by Crippen LogP contribution is -2.06. The molecule has 0 amide bonds. The maximum atomic E-state index is 10.2. The van der Waals surface area contributed by atoms with Crippen molar-refractivity contribution in [2.45, 2.75) is 25.6 Å². The number of carbonyl (C=O) groups is 1. The van der Waals surface area contributed by atoms with Gasteiger partial charge in [-0.25, -0.2) is 0 Å². The maximum absolute atomic E-state index is 10.2. The first-order valence-corrected chi connectivity index (χ1v) is 3.67. The van der Waals surface area contributed by atoms with E-state index in [4.69, 9.17) is 15.3 Å². The molecule has 0 aromatic carbocycles. The van der Waals surface area contributed by atoms with Gasteiger partial charge in [0, 0.05) is 12.8 Å². The van der Waals surface area contributed by atoms with Crippen molar-refractivity contribution in [3.05, 3.63) is 0 Å². The summed E-state index contributed by atoms with van der Waals surface area (Å²) in [5.74, 6) is -0.412. The molecule has 1 saturated carbocycles. The molecular formula is C7H12O4. The van der Waals surface area contributed by atoms with E-state index < -0.39 is 12.3 Å². The maximum Gasteiger partial charge on any atom is 0.303 e. The third kappa shape index (κ3) is 2.86. The third-order valence-electron chi connectivity index (χ3n) is 2.02. The van der Waals surface area contributed by atoms with E-state index in [0.29, 0.717) is 6.42 Å². The van der Waals surface area contributed by atoms with Gasteiger partial charge in [-0.15, -0.1) is 0 Å². The zero-order chi connectivity index (χ0) is 8.43. The molecule has 0 aliphatic heterocycles. The van der Waals surface area contributed by atoms with Gasteiger partial charge in [0.2, 0.25) is 0 Å². The minimum absolute atomic E-state index is 0.164. The van der Waals surface area contributed by atoms with Crippen molar-refractivity contribution in [3.63, 3.8) is 0 Å². The van der Waals surface area contributed by atoms with Gasteiger partial charge in [0.1, 0.15) is 0 Å². The highest BCUT2D eigenvalue weighted by Gasteiger charge is 2.39. The zero-order valence-corrected chi connectivity index (χ0v) is 6.10. The zero-order valence-electron chi connectivity index (χ0n) is 6.10. The lowest BCUT2D eigenvalue weighted by Gasteiger charge is -1.99. The molecule has 3 N–H and O–H groups in total. The second-order valence-corrected chi connectivity index (χ2v) is 3.07. The van der Waals surface area contributed by atoms with Gasteiger partial charge in [-0.05, 0) is 18.3 Å². The first kappa shape index (κ1) is 8.49. The lowest BCUT2D eigenvalue weighted by molar-refractivity contribution is -0.137. The van der Waals surface area contributed by atoms with Crippen LogP contribution in [-0.4, -0.2) is 27.6 Å². The van der Waals surface area contributed by atoms with Crippen LogP contribution in [0, 0.1) is 11.8 Å². The molecule has 1 fully saturated rings. The summed E-state index contributed by atoms with van der Waals surface area (Å²) in [6.45, 7) is 0. The van der Waals surface area contributed by atoms with E-state index in [9.17, 15) is 4.79 Å². The smallest absolute Gasteiger partial charge is 0.303 e. The van der Waals surface area contributed by atoms with Crippen molar-refractivity contribution < 1.29 is 20.1 Å². The van der Waals surface area contributed by atoms with Gasteiger partial charge in [0.25, 0.3) is 0 Å². The van der Waals surface area contributed by atoms with Gasteiger partial charge >= 0.3 is 5.97 Å². The van der Waals surface area contributed by atoms with Crippen LogP contribution in [0.2, 0.25) is 0 Å². The molecule has 2 unspecified atom stereocenters. The molecule has 0 radical (unpaired) electrons. The molecule has 0 saturated heterocycles. The van der Waals surface area contributed by atoms with Crippen LogP contribution in [0.5, 0.6) is 0 Å². The minimum Gasteiger partial charge on any atom is -0.481 e. The van der Waals surface area contributed by atoms with Crippen molar-refractivity contribution in [2.75, 3.05) is 0 Å². The number of aliphatic carboxylic acids is 1. The fraction of sp³-hybridized carbons (Fsp3) is 0.857. The summed E-state index contributed by atoms with van der Waals surface area (Å²) in [5, 5.41) is 25.4. The van der Waals surface area contributed by atoms with Crippen molar-refractivity contribution in [1.82, 2.24) is 0 Å². The van der Waals surface area contributed by atoms with Crippen LogP contribution < -0.4 is 0 Å². The normalized spacial score (nSPS) is 29.0. The van der Waals surface area contributed by atoms with Crippen molar-refractivity contribution in [2.24, 2.45) is 11.8 Å². The number of rotatable bonds is 4. The van der Waals surface area contributed by atoms with E-state index in [2.05, 4.69) is 0 Å². The van der Waals surface area contributed by atoms with Gasteiger partial charge in [-0.2, -0.15) is 0 Å². The first-order chi connectivity index (χ1) is 5.09. The standard InChI is InChI=1S/C7H12O4/c8-6(9)2-4-1-5(4)3-7(10)11/h4-6,8-9H,1-3H2,(H,10,11). The van der Waals surface area contributed by atoms with Gasteiger partial charge in [0.15, 0.2) is 6.29 Å². The number of carboxylic acids is 1. The summed E-state index contributed by atoms with van der Waals surface area (Å²) in [6.07, 6.45) is 0.0259. The fourth-order valence-corrected chi connectivity index (χ4v) is 1.34. The molecule has 1 aliphatic rings. The molecule has 0 spiro atoms.